The van der Waals surface area contributed by atoms with Crippen LogP contribution in [0.3, 0.4) is 0 Å². The van der Waals surface area contributed by atoms with Gasteiger partial charge in [-0.1, -0.05) is 11.6 Å². The molecule has 0 atom stereocenters. The zero-order valence-electron chi connectivity index (χ0n) is 10.5. The number of ether oxygens (including phenoxy) is 1. The summed E-state index contributed by atoms with van der Waals surface area (Å²) in [5, 5.41) is 8.86. The van der Waals surface area contributed by atoms with Crippen molar-refractivity contribution in [3.63, 3.8) is 0 Å². The molecule has 0 spiro atoms. The van der Waals surface area contributed by atoms with E-state index >= 15 is 0 Å². The first-order valence-electron chi connectivity index (χ1n) is 5.63. The van der Waals surface area contributed by atoms with Crippen molar-refractivity contribution in [2.24, 2.45) is 0 Å². The van der Waals surface area contributed by atoms with E-state index in [2.05, 4.69) is 4.98 Å². The normalized spacial score (nSPS) is 10.4. The largest absolute Gasteiger partial charge is 0.394 e. The van der Waals surface area contributed by atoms with Crippen LogP contribution in [0.2, 0.25) is 5.15 Å². The molecule has 0 bridgehead atoms. The van der Waals surface area contributed by atoms with Crippen LogP contribution in [0, 0.1) is 6.92 Å². The number of aliphatic hydroxyl groups is 1. The van der Waals surface area contributed by atoms with Crippen molar-refractivity contribution in [1.29, 1.82) is 0 Å². The van der Waals surface area contributed by atoms with Gasteiger partial charge in [0, 0.05) is 24.8 Å². The smallest absolute Gasteiger partial charge is 0.253 e. The van der Waals surface area contributed by atoms with Crippen LogP contribution in [0.25, 0.3) is 0 Å². The van der Waals surface area contributed by atoms with Crippen LogP contribution in [0.1, 0.15) is 16.1 Å². The van der Waals surface area contributed by atoms with Crippen LogP contribution in [0.5, 0.6) is 0 Å². The Hall–Kier alpha value is -1.17. The molecule has 6 heteroatoms. The summed E-state index contributed by atoms with van der Waals surface area (Å²) in [5.41, 5.74) is 1.22. The SMILES string of the molecule is Cc1cc(C(=O)N(C)CCOCCO)cc(Cl)n1. The molecular formula is C12H17ClN2O3. The summed E-state index contributed by atoms with van der Waals surface area (Å²) in [5.74, 6) is -0.130. The number of hydrogen-bond acceptors (Lipinski definition) is 4. The highest BCUT2D eigenvalue weighted by atomic mass is 35.5. The van der Waals surface area contributed by atoms with E-state index in [9.17, 15) is 4.79 Å². The van der Waals surface area contributed by atoms with Crippen molar-refractivity contribution in [2.45, 2.75) is 6.92 Å². The molecule has 1 N–H and O–H groups in total. The molecule has 1 heterocycles. The minimum atomic E-state index is -0.130. The third-order valence-corrected chi connectivity index (χ3v) is 2.52. The van der Waals surface area contributed by atoms with E-state index in [1.807, 2.05) is 0 Å². The molecule has 0 saturated heterocycles. The minimum absolute atomic E-state index is 0.0170. The number of likely N-dealkylation sites (N-methyl/N-ethyl adjacent to an activating group) is 1. The Kier molecular flexibility index (Phi) is 6.04. The monoisotopic (exact) mass is 272 g/mol. The van der Waals surface area contributed by atoms with E-state index in [1.54, 1.807) is 31.0 Å². The van der Waals surface area contributed by atoms with E-state index in [4.69, 9.17) is 21.4 Å². The first-order chi connectivity index (χ1) is 8.54. The average Bonchev–Trinajstić information content (AvgIpc) is 2.32. The van der Waals surface area contributed by atoms with Gasteiger partial charge in [-0.15, -0.1) is 0 Å². The lowest BCUT2D eigenvalue weighted by Gasteiger charge is -2.17. The summed E-state index contributed by atoms with van der Waals surface area (Å²) < 4.78 is 5.10. The number of aliphatic hydroxyl groups excluding tert-OH is 1. The van der Waals surface area contributed by atoms with Gasteiger partial charge in [0.05, 0.1) is 19.8 Å². The van der Waals surface area contributed by atoms with Gasteiger partial charge in [0.15, 0.2) is 0 Å². The number of nitrogens with zero attached hydrogens (tertiary/aromatic N) is 2. The van der Waals surface area contributed by atoms with Crippen LogP contribution < -0.4 is 0 Å². The summed E-state index contributed by atoms with van der Waals surface area (Å²) in [4.78, 5) is 17.6. The molecule has 0 saturated carbocycles. The number of aryl methyl sites for hydroxylation is 1. The molecule has 1 aromatic heterocycles. The summed E-state index contributed by atoms with van der Waals surface area (Å²) in [6.45, 7) is 2.89. The number of carbonyl (C=O) groups excluding carboxylic acids is 1. The van der Waals surface area contributed by atoms with Crippen molar-refractivity contribution < 1.29 is 14.6 Å². The molecule has 18 heavy (non-hydrogen) atoms. The topological polar surface area (TPSA) is 62.7 Å². The zero-order chi connectivity index (χ0) is 13.5. The van der Waals surface area contributed by atoms with E-state index in [1.165, 1.54) is 0 Å². The minimum Gasteiger partial charge on any atom is -0.394 e. The predicted octanol–water partition coefficient (Wildman–Crippen LogP) is 1.12. The summed E-state index contributed by atoms with van der Waals surface area (Å²) in [6.07, 6.45) is 0. The van der Waals surface area contributed by atoms with Gasteiger partial charge in [-0.2, -0.15) is 0 Å². The van der Waals surface area contributed by atoms with Gasteiger partial charge in [0.25, 0.3) is 5.91 Å². The number of amides is 1. The Balaban J connectivity index is 2.57. The highest BCUT2D eigenvalue weighted by molar-refractivity contribution is 6.29. The predicted molar refractivity (Wildman–Crippen MR) is 68.8 cm³/mol. The Bertz CT molecular complexity index is 392. The van der Waals surface area contributed by atoms with Crippen molar-refractivity contribution in [2.75, 3.05) is 33.4 Å². The quantitative estimate of drug-likeness (QED) is 0.623. The first kappa shape index (κ1) is 14.9. The molecule has 100 valence electrons. The molecule has 0 radical (unpaired) electrons. The Labute approximate surface area is 111 Å². The maximum Gasteiger partial charge on any atom is 0.253 e. The molecule has 5 nitrogen and oxygen atoms in total. The van der Waals surface area contributed by atoms with Crippen molar-refractivity contribution in [1.82, 2.24) is 9.88 Å². The molecule has 0 aliphatic heterocycles. The van der Waals surface area contributed by atoms with Gasteiger partial charge in [-0.25, -0.2) is 4.98 Å². The molecule has 1 aromatic rings. The van der Waals surface area contributed by atoms with Gasteiger partial charge in [0.1, 0.15) is 5.15 Å². The van der Waals surface area contributed by atoms with Crippen molar-refractivity contribution in [3.05, 3.63) is 28.5 Å². The molecule has 0 aliphatic carbocycles. The Morgan fingerprint density at radius 3 is 2.83 bits per heavy atom. The maximum absolute atomic E-state index is 12.0. The molecule has 1 amide bonds. The highest BCUT2D eigenvalue weighted by Crippen LogP contribution is 2.12. The number of pyridine rings is 1. The number of halogens is 1. The summed E-state index contributed by atoms with van der Waals surface area (Å²) >= 11 is 5.81. The molecule has 0 fully saturated rings. The number of hydrogen-bond donors (Lipinski definition) is 1. The standard InChI is InChI=1S/C12H17ClN2O3/c1-9-7-10(8-11(13)14-9)12(17)15(2)3-5-18-6-4-16/h7-8,16H,3-6H2,1-2H3. The number of rotatable bonds is 6. The van der Waals surface area contributed by atoms with Gasteiger partial charge in [-0.05, 0) is 19.1 Å². The molecular weight excluding hydrogens is 256 g/mol. The van der Waals surface area contributed by atoms with Crippen molar-refractivity contribution in [3.8, 4) is 0 Å². The fraction of sp³-hybridized carbons (Fsp3) is 0.500. The summed E-state index contributed by atoms with van der Waals surface area (Å²) in [7, 11) is 1.69. The van der Waals surface area contributed by atoms with E-state index < -0.39 is 0 Å². The maximum atomic E-state index is 12.0. The van der Waals surface area contributed by atoms with Gasteiger partial charge < -0.3 is 14.7 Å². The molecule has 0 aliphatic rings. The first-order valence-corrected chi connectivity index (χ1v) is 6.00. The lowest BCUT2D eigenvalue weighted by Crippen LogP contribution is -2.30. The van der Waals surface area contributed by atoms with Crippen LogP contribution in [0.15, 0.2) is 12.1 Å². The van der Waals surface area contributed by atoms with E-state index in [-0.39, 0.29) is 19.1 Å². The lowest BCUT2D eigenvalue weighted by atomic mass is 10.2. The Morgan fingerprint density at radius 2 is 2.22 bits per heavy atom. The molecule has 0 unspecified atom stereocenters. The second kappa shape index (κ2) is 7.31. The summed E-state index contributed by atoms with van der Waals surface area (Å²) in [6, 6.07) is 3.24. The van der Waals surface area contributed by atoms with Gasteiger partial charge in [0.2, 0.25) is 0 Å². The fourth-order valence-electron chi connectivity index (χ4n) is 1.44. The van der Waals surface area contributed by atoms with Crippen molar-refractivity contribution >= 4 is 17.5 Å². The second-order valence-electron chi connectivity index (χ2n) is 3.88. The zero-order valence-corrected chi connectivity index (χ0v) is 11.3. The molecule has 1 rings (SSSR count). The second-order valence-corrected chi connectivity index (χ2v) is 4.27. The van der Waals surface area contributed by atoms with E-state index in [0.29, 0.717) is 29.6 Å². The third kappa shape index (κ3) is 4.60. The van der Waals surface area contributed by atoms with Crippen LogP contribution in [-0.2, 0) is 4.74 Å². The number of aromatic nitrogens is 1. The highest BCUT2D eigenvalue weighted by Gasteiger charge is 2.12. The van der Waals surface area contributed by atoms with Gasteiger partial charge in [-0.3, -0.25) is 4.79 Å². The fourth-order valence-corrected chi connectivity index (χ4v) is 1.69. The third-order valence-electron chi connectivity index (χ3n) is 2.32. The van der Waals surface area contributed by atoms with Crippen LogP contribution in [0.4, 0.5) is 0 Å². The average molecular weight is 273 g/mol. The van der Waals surface area contributed by atoms with E-state index in [0.717, 1.165) is 0 Å². The lowest BCUT2D eigenvalue weighted by molar-refractivity contribution is 0.0618. The number of carbonyl (C=O) groups is 1. The van der Waals surface area contributed by atoms with Crippen LogP contribution in [-0.4, -0.2) is 54.3 Å². The Morgan fingerprint density at radius 1 is 1.50 bits per heavy atom. The molecule has 0 aromatic carbocycles. The van der Waals surface area contributed by atoms with Gasteiger partial charge >= 0.3 is 0 Å². The van der Waals surface area contributed by atoms with Crippen LogP contribution >= 0.6 is 11.6 Å².